The molecule has 1 N–H and O–H groups in total. The van der Waals surface area contributed by atoms with Crippen LogP contribution in [0.4, 0.5) is 0 Å². The third kappa shape index (κ3) is 4.64. The Kier molecular flexibility index (Phi) is 5.46. The number of aromatic nitrogens is 3. The number of carbonyl (C=O) groups excluding carboxylic acids is 2. The number of amides is 1. The van der Waals surface area contributed by atoms with Crippen LogP contribution in [0.1, 0.15) is 30.6 Å². The Labute approximate surface area is 134 Å². The van der Waals surface area contributed by atoms with E-state index in [9.17, 15) is 9.59 Å². The molecule has 122 valence electrons. The van der Waals surface area contributed by atoms with Gasteiger partial charge in [-0.05, 0) is 26.0 Å². The van der Waals surface area contributed by atoms with Crippen LogP contribution in [0.15, 0.2) is 30.7 Å². The third-order valence-electron chi connectivity index (χ3n) is 2.99. The first-order valence-corrected chi connectivity index (χ1v) is 7.39. The quantitative estimate of drug-likeness (QED) is 0.817. The Morgan fingerprint density at radius 3 is 2.83 bits per heavy atom. The minimum atomic E-state index is -0.334. The number of rotatable bonds is 6. The zero-order valence-electron chi connectivity index (χ0n) is 13.4. The maximum Gasteiger partial charge on any atom is 0.307 e. The Bertz CT molecular complexity index is 680. The van der Waals surface area contributed by atoms with Crippen molar-refractivity contribution >= 4 is 11.9 Å². The molecule has 1 amide bonds. The summed E-state index contributed by atoms with van der Waals surface area (Å²) >= 11 is 0. The van der Waals surface area contributed by atoms with Gasteiger partial charge in [0.25, 0.3) is 5.91 Å². The molecular weight excluding hydrogens is 296 g/mol. The average molecular weight is 316 g/mol. The topological polar surface area (TPSA) is 86.1 Å². The molecule has 2 aromatic heterocycles. The van der Waals surface area contributed by atoms with Gasteiger partial charge >= 0.3 is 5.97 Å². The fourth-order valence-electron chi connectivity index (χ4n) is 2.07. The van der Waals surface area contributed by atoms with Crippen LogP contribution in [0.3, 0.4) is 0 Å². The van der Waals surface area contributed by atoms with E-state index < -0.39 is 0 Å². The SMILES string of the molecule is CC(C)OC(=O)CCNC(=O)c1cn(C)nc1-c1cccnc1. The molecule has 0 radical (unpaired) electrons. The minimum absolute atomic E-state index is 0.131. The molecule has 23 heavy (non-hydrogen) atoms. The van der Waals surface area contributed by atoms with Gasteiger partial charge in [-0.1, -0.05) is 0 Å². The average Bonchev–Trinajstić information content (AvgIpc) is 2.89. The largest absolute Gasteiger partial charge is 0.463 e. The molecule has 0 bridgehead atoms. The van der Waals surface area contributed by atoms with Crippen LogP contribution >= 0.6 is 0 Å². The number of nitrogens with one attached hydrogen (secondary N) is 1. The van der Waals surface area contributed by atoms with Crippen molar-refractivity contribution in [1.29, 1.82) is 0 Å². The number of hydrogen-bond donors (Lipinski definition) is 1. The van der Waals surface area contributed by atoms with Crippen LogP contribution in [0.5, 0.6) is 0 Å². The lowest BCUT2D eigenvalue weighted by Crippen LogP contribution is -2.27. The van der Waals surface area contributed by atoms with E-state index in [2.05, 4.69) is 15.4 Å². The van der Waals surface area contributed by atoms with E-state index in [0.29, 0.717) is 11.3 Å². The minimum Gasteiger partial charge on any atom is -0.463 e. The van der Waals surface area contributed by atoms with Gasteiger partial charge in [0.1, 0.15) is 5.69 Å². The van der Waals surface area contributed by atoms with E-state index in [4.69, 9.17) is 4.74 Å². The van der Waals surface area contributed by atoms with E-state index in [0.717, 1.165) is 5.56 Å². The summed E-state index contributed by atoms with van der Waals surface area (Å²) in [4.78, 5) is 27.8. The molecule has 0 aromatic carbocycles. The number of ether oxygens (including phenoxy) is 1. The fourth-order valence-corrected chi connectivity index (χ4v) is 2.07. The summed E-state index contributed by atoms with van der Waals surface area (Å²) in [5.41, 5.74) is 1.76. The molecule has 2 heterocycles. The first-order chi connectivity index (χ1) is 11.0. The van der Waals surface area contributed by atoms with Gasteiger partial charge in [0.2, 0.25) is 0 Å². The summed E-state index contributed by atoms with van der Waals surface area (Å²) in [5, 5.41) is 7.02. The molecular formula is C16H20N4O3. The fraction of sp³-hybridized carbons (Fsp3) is 0.375. The van der Waals surface area contributed by atoms with Gasteiger partial charge in [0.05, 0.1) is 18.1 Å². The van der Waals surface area contributed by atoms with E-state index in [1.54, 1.807) is 50.2 Å². The first kappa shape index (κ1) is 16.7. The highest BCUT2D eigenvalue weighted by Gasteiger charge is 2.17. The summed E-state index contributed by atoms with van der Waals surface area (Å²) in [6.07, 6.45) is 4.93. The summed E-state index contributed by atoms with van der Waals surface area (Å²) < 4.78 is 6.59. The molecule has 2 rings (SSSR count). The molecule has 0 unspecified atom stereocenters. The van der Waals surface area contributed by atoms with E-state index >= 15 is 0 Å². The zero-order valence-corrected chi connectivity index (χ0v) is 13.4. The molecule has 0 saturated carbocycles. The standard InChI is InChI=1S/C16H20N4O3/c1-11(2)23-14(21)6-8-18-16(22)13-10-20(3)19-15(13)12-5-4-7-17-9-12/h4-5,7,9-11H,6,8H2,1-3H3,(H,18,22). The summed E-state index contributed by atoms with van der Waals surface area (Å²) in [7, 11) is 1.75. The van der Waals surface area contributed by atoms with Gasteiger partial charge in [0, 0.05) is 37.7 Å². The number of aryl methyl sites for hydroxylation is 1. The number of nitrogens with zero attached hydrogens (tertiary/aromatic N) is 3. The van der Waals surface area contributed by atoms with Crippen molar-refractivity contribution in [2.24, 2.45) is 7.05 Å². The summed E-state index contributed by atoms with van der Waals surface area (Å²) in [5.74, 6) is -0.617. The Balaban J connectivity index is 2.02. The van der Waals surface area contributed by atoms with Gasteiger partial charge in [-0.3, -0.25) is 19.3 Å². The molecule has 0 aliphatic carbocycles. The molecule has 0 aliphatic rings. The predicted octanol–water partition coefficient (Wildman–Crippen LogP) is 1.55. The maximum absolute atomic E-state index is 12.3. The number of carbonyl (C=O) groups is 2. The molecule has 0 fully saturated rings. The molecule has 2 aromatic rings. The van der Waals surface area contributed by atoms with Crippen LogP contribution in [-0.4, -0.2) is 39.3 Å². The molecule has 7 nitrogen and oxygen atoms in total. The number of esters is 1. The number of pyridine rings is 1. The van der Waals surface area contributed by atoms with E-state index in [1.165, 1.54) is 0 Å². The second kappa shape index (κ2) is 7.53. The second-order valence-corrected chi connectivity index (χ2v) is 5.35. The van der Waals surface area contributed by atoms with Gasteiger partial charge in [-0.15, -0.1) is 0 Å². The Hall–Kier alpha value is -2.70. The second-order valence-electron chi connectivity index (χ2n) is 5.35. The molecule has 0 aliphatic heterocycles. The predicted molar refractivity (Wildman–Crippen MR) is 84.6 cm³/mol. The van der Waals surface area contributed by atoms with Crippen molar-refractivity contribution in [3.05, 3.63) is 36.3 Å². The molecule has 0 spiro atoms. The van der Waals surface area contributed by atoms with Crippen LogP contribution in [0.2, 0.25) is 0 Å². The van der Waals surface area contributed by atoms with Gasteiger partial charge in [-0.25, -0.2) is 0 Å². The van der Waals surface area contributed by atoms with Crippen molar-refractivity contribution in [3.63, 3.8) is 0 Å². The normalized spacial score (nSPS) is 10.6. The number of hydrogen-bond acceptors (Lipinski definition) is 5. The van der Waals surface area contributed by atoms with Crippen LogP contribution in [-0.2, 0) is 16.6 Å². The van der Waals surface area contributed by atoms with Gasteiger partial charge in [-0.2, -0.15) is 5.10 Å². The molecule has 0 saturated heterocycles. The lowest BCUT2D eigenvalue weighted by atomic mass is 10.1. The summed E-state index contributed by atoms with van der Waals surface area (Å²) in [6.45, 7) is 3.78. The highest BCUT2D eigenvalue weighted by molar-refractivity contribution is 5.99. The maximum atomic E-state index is 12.3. The Morgan fingerprint density at radius 2 is 2.17 bits per heavy atom. The van der Waals surface area contributed by atoms with Crippen LogP contribution in [0.25, 0.3) is 11.3 Å². The van der Waals surface area contributed by atoms with Gasteiger partial charge < -0.3 is 10.1 Å². The Morgan fingerprint density at radius 1 is 1.39 bits per heavy atom. The highest BCUT2D eigenvalue weighted by Crippen LogP contribution is 2.20. The monoisotopic (exact) mass is 316 g/mol. The summed E-state index contributed by atoms with van der Waals surface area (Å²) in [6, 6.07) is 3.62. The van der Waals surface area contributed by atoms with Crippen molar-refractivity contribution < 1.29 is 14.3 Å². The lowest BCUT2D eigenvalue weighted by molar-refractivity contribution is -0.147. The lowest BCUT2D eigenvalue weighted by Gasteiger charge is -2.08. The van der Waals surface area contributed by atoms with E-state index in [-0.39, 0.29) is 30.9 Å². The zero-order chi connectivity index (χ0) is 16.8. The van der Waals surface area contributed by atoms with Crippen molar-refractivity contribution in [2.75, 3.05) is 6.54 Å². The molecule has 7 heteroatoms. The van der Waals surface area contributed by atoms with Crippen molar-refractivity contribution in [3.8, 4) is 11.3 Å². The highest BCUT2D eigenvalue weighted by atomic mass is 16.5. The molecule has 0 atom stereocenters. The first-order valence-electron chi connectivity index (χ1n) is 7.39. The van der Waals surface area contributed by atoms with Gasteiger partial charge in [0.15, 0.2) is 0 Å². The van der Waals surface area contributed by atoms with E-state index in [1.807, 2.05) is 6.07 Å². The van der Waals surface area contributed by atoms with Crippen LogP contribution in [0, 0.1) is 0 Å². The smallest absolute Gasteiger partial charge is 0.307 e. The van der Waals surface area contributed by atoms with Crippen molar-refractivity contribution in [1.82, 2.24) is 20.1 Å². The van der Waals surface area contributed by atoms with Crippen molar-refractivity contribution in [2.45, 2.75) is 26.4 Å². The van der Waals surface area contributed by atoms with Crippen LogP contribution < -0.4 is 5.32 Å². The third-order valence-corrected chi connectivity index (χ3v) is 2.99.